The molecule has 2 heterocycles. The lowest BCUT2D eigenvalue weighted by Crippen LogP contribution is -2.09. The Morgan fingerprint density at radius 3 is 2.69 bits per heavy atom. The summed E-state index contributed by atoms with van der Waals surface area (Å²) in [4.78, 5) is 34.7. The largest absolute Gasteiger partial charge is 0.459 e. The summed E-state index contributed by atoms with van der Waals surface area (Å²) in [7, 11) is 0. The molecule has 26 heavy (non-hydrogen) atoms. The fraction of sp³-hybridized carbons (Fsp3) is 0.0588. The summed E-state index contributed by atoms with van der Waals surface area (Å²) >= 11 is 1.03. The maximum atomic E-state index is 12.1. The lowest BCUT2D eigenvalue weighted by atomic mass is 10.2. The zero-order valence-corrected chi connectivity index (χ0v) is 14.0. The smallest absolute Gasteiger partial charge is 0.348 e. The van der Waals surface area contributed by atoms with Crippen LogP contribution in [0.1, 0.15) is 25.8 Å². The van der Waals surface area contributed by atoms with Gasteiger partial charge in [0.25, 0.3) is 11.6 Å². The Bertz CT molecular complexity index is 948. The number of furan rings is 1. The number of para-hydroxylation sites is 1. The lowest BCUT2D eigenvalue weighted by molar-refractivity contribution is -0.385. The molecule has 0 bridgehead atoms. The van der Waals surface area contributed by atoms with E-state index in [-0.39, 0.29) is 22.9 Å². The van der Waals surface area contributed by atoms with Crippen molar-refractivity contribution >= 4 is 33.9 Å². The highest BCUT2D eigenvalue weighted by atomic mass is 32.1. The Balaban J connectivity index is 1.62. The van der Waals surface area contributed by atoms with Crippen molar-refractivity contribution in [1.82, 2.24) is 0 Å². The predicted molar refractivity (Wildman–Crippen MR) is 93.2 cm³/mol. The van der Waals surface area contributed by atoms with Crippen molar-refractivity contribution in [2.24, 2.45) is 0 Å². The molecule has 0 aliphatic heterocycles. The normalized spacial score (nSPS) is 10.3. The fourth-order valence-corrected chi connectivity index (χ4v) is 2.92. The molecule has 0 saturated heterocycles. The van der Waals surface area contributed by atoms with Crippen LogP contribution in [0.4, 0.5) is 10.7 Å². The monoisotopic (exact) mass is 372 g/mol. The van der Waals surface area contributed by atoms with Crippen LogP contribution in [0.2, 0.25) is 0 Å². The fourth-order valence-electron chi connectivity index (χ4n) is 2.12. The van der Waals surface area contributed by atoms with E-state index in [4.69, 9.17) is 9.15 Å². The van der Waals surface area contributed by atoms with Gasteiger partial charge in [-0.25, -0.2) is 4.79 Å². The van der Waals surface area contributed by atoms with Crippen LogP contribution in [0.3, 0.4) is 0 Å². The molecular weight excluding hydrogens is 360 g/mol. The van der Waals surface area contributed by atoms with E-state index >= 15 is 0 Å². The highest BCUT2D eigenvalue weighted by molar-refractivity contribution is 7.18. The molecule has 0 spiro atoms. The standard InChI is InChI=1S/C17H12N2O6S/c20-16(13-6-3-9-24-13)18-15-8-7-14(26-15)17(21)25-10-11-4-1-2-5-12(11)19(22)23/h1-9H,10H2,(H,18,20). The number of carbonyl (C=O) groups is 2. The van der Waals surface area contributed by atoms with E-state index in [1.807, 2.05) is 0 Å². The number of hydrogen-bond acceptors (Lipinski definition) is 7. The van der Waals surface area contributed by atoms with Crippen molar-refractivity contribution in [3.8, 4) is 0 Å². The molecule has 3 rings (SSSR count). The molecule has 0 atom stereocenters. The van der Waals surface area contributed by atoms with Gasteiger partial charge in [0.1, 0.15) is 11.5 Å². The van der Waals surface area contributed by atoms with Gasteiger partial charge in [0.05, 0.1) is 21.8 Å². The summed E-state index contributed by atoms with van der Waals surface area (Å²) in [5, 5.41) is 14.0. The average molecular weight is 372 g/mol. The van der Waals surface area contributed by atoms with Gasteiger partial charge >= 0.3 is 5.97 Å². The van der Waals surface area contributed by atoms with Crippen molar-refractivity contribution < 1.29 is 23.7 Å². The third-order valence-corrected chi connectivity index (χ3v) is 4.32. The van der Waals surface area contributed by atoms with Crippen LogP contribution >= 0.6 is 11.3 Å². The van der Waals surface area contributed by atoms with Crippen LogP contribution in [0, 0.1) is 10.1 Å². The maximum Gasteiger partial charge on any atom is 0.348 e. The van der Waals surface area contributed by atoms with Gasteiger partial charge < -0.3 is 14.5 Å². The minimum absolute atomic E-state index is 0.113. The van der Waals surface area contributed by atoms with E-state index in [0.29, 0.717) is 10.6 Å². The van der Waals surface area contributed by atoms with E-state index in [1.54, 1.807) is 18.2 Å². The van der Waals surface area contributed by atoms with Gasteiger partial charge in [-0.15, -0.1) is 11.3 Å². The molecule has 1 amide bonds. The van der Waals surface area contributed by atoms with Crippen LogP contribution in [-0.2, 0) is 11.3 Å². The lowest BCUT2D eigenvalue weighted by Gasteiger charge is -2.04. The first kappa shape index (κ1) is 17.4. The molecule has 132 valence electrons. The molecule has 1 aromatic carbocycles. The third-order valence-electron chi connectivity index (χ3n) is 3.34. The second kappa shape index (κ2) is 7.62. The number of benzene rings is 1. The van der Waals surface area contributed by atoms with Crippen LogP contribution in [-0.4, -0.2) is 16.8 Å². The second-order valence-electron chi connectivity index (χ2n) is 5.06. The zero-order valence-electron chi connectivity index (χ0n) is 13.2. The van der Waals surface area contributed by atoms with Gasteiger partial charge in [0.15, 0.2) is 5.76 Å². The number of hydrogen-bond donors (Lipinski definition) is 1. The molecule has 0 fully saturated rings. The van der Waals surface area contributed by atoms with Crippen LogP contribution in [0.15, 0.2) is 59.2 Å². The molecule has 0 unspecified atom stereocenters. The zero-order chi connectivity index (χ0) is 18.5. The molecule has 0 saturated carbocycles. The minimum Gasteiger partial charge on any atom is -0.459 e. The number of rotatable bonds is 6. The topological polar surface area (TPSA) is 112 Å². The Morgan fingerprint density at radius 2 is 1.96 bits per heavy atom. The first-order valence-electron chi connectivity index (χ1n) is 7.38. The van der Waals surface area contributed by atoms with E-state index in [9.17, 15) is 19.7 Å². The number of nitrogens with zero attached hydrogens (tertiary/aromatic N) is 1. The van der Waals surface area contributed by atoms with Gasteiger partial charge in [-0.2, -0.15) is 0 Å². The third kappa shape index (κ3) is 3.95. The molecule has 2 aromatic heterocycles. The summed E-state index contributed by atoms with van der Waals surface area (Å²) in [5.41, 5.74) is 0.187. The highest BCUT2D eigenvalue weighted by Crippen LogP contribution is 2.24. The number of carbonyl (C=O) groups excluding carboxylic acids is 2. The Hall–Kier alpha value is -3.46. The van der Waals surface area contributed by atoms with Gasteiger partial charge in [0, 0.05) is 6.07 Å². The maximum absolute atomic E-state index is 12.1. The number of nitrogens with one attached hydrogen (secondary N) is 1. The Morgan fingerprint density at radius 1 is 1.15 bits per heavy atom. The quantitative estimate of drug-likeness (QED) is 0.399. The van der Waals surface area contributed by atoms with E-state index in [0.717, 1.165) is 11.3 Å². The Labute approximate surface area is 151 Å². The van der Waals surface area contributed by atoms with Gasteiger partial charge in [-0.05, 0) is 30.3 Å². The summed E-state index contributed by atoms with van der Waals surface area (Å²) in [6.45, 7) is -0.220. The number of esters is 1. The van der Waals surface area contributed by atoms with Crippen LogP contribution in [0.5, 0.6) is 0 Å². The van der Waals surface area contributed by atoms with Crippen LogP contribution in [0.25, 0.3) is 0 Å². The van der Waals surface area contributed by atoms with Crippen LogP contribution < -0.4 is 5.32 Å². The van der Waals surface area contributed by atoms with Crippen molar-refractivity contribution in [1.29, 1.82) is 0 Å². The van der Waals surface area contributed by atoms with Crippen molar-refractivity contribution in [2.75, 3.05) is 5.32 Å². The first-order chi connectivity index (χ1) is 12.5. The molecule has 1 N–H and O–H groups in total. The molecule has 0 aliphatic carbocycles. The van der Waals surface area contributed by atoms with Crippen molar-refractivity contribution in [2.45, 2.75) is 6.61 Å². The summed E-state index contributed by atoms with van der Waals surface area (Å²) in [6, 6.07) is 12.2. The number of anilines is 1. The van der Waals surface area contributed by atoms with Gasteiger partial charge in [-0.3, -0.25) is 14.9 Å². The number of ether oxygens (including phenoxy) is 1. The Kier molecular flexibility index (Phi) is 5.09. The number of amides is 1. The van der Waals surface area contributed by atoms with Crippen molar-refractivity contribution in [3.63, 3.8) is 0 Å². The SMILES string of the molecule is O=C(Nc1ccc(C(=O)OCc2ccccc2[N+](=O)[O-])s1)c1ccco1. The van der Waals surface area contributed by atoms with Gasteiger partial charge in [-0.1, -0.05) is 12.1 Å². The molecule has 8 nitrogen and oxygen atoms in total. The number of nitro groups is 1. The molecule has 3 aromatic rings. The van der Waals surface area contributed by atoms with E-state index in [2.05, 4.69) is 5.32 Å². The number of thiophene rings is 1. The van der Waals surface area contributed by atoms with Crippen molar-refractivity contribution in [3.05, 3.63) is 81.1 Å². The second-order valence-corrected chi connectivity index (χ2v) is 6.14. The van der Waals surface area contributed by atoms with E-state index < -0.39 is 16.8 Å². The highest BCUT2D eigenvalue weighted by Gasteiger charge is 2.17. The molecule has 9 heteroatoms. The average Bonchev–Trinajstić information content (AvgIpc) is 3.31. The van der Waals surface area contributed by atoms with Gasteiger partial charge in [0.2, 0.25) is 0 Å². The minimum atomic E-state index is -0.633. The molecule has 0 aliphatic rings. The summed E-state index contributed by atoms with van der Waals surface area (Å²) in [6.07, 6.45) is 1.38. The predicted octanol–water partition coefficient (Wildman–Crippen LogP) is 3.86. The summed E-state index contributed by atoms with van der Waals surface area (Å²) < 4.78 is 10.1. The number of nitro benzene ring substituents is 1. The first-order valence-corrected chi connectivity index (χ1v) is 8.20. The molecular formula is C17H12N2O6S. The van der Waals surface area contributed by atoms with E-state index in [1.165, 1.54) is 36.6 Å². The summed E-state index contributed by atoms with van der Waals surface area (Å²) in [5.74, 6) is -0.915. The molecule has 0 radical (unpaired) electrons.